The molecule has 9 nitrogen and oxygen atoms in total. The van der Waals surface area contributed by atoms with Crippen molar-refractivity contribution in [2.75, 3.05) is 26.1 Å². The molecule has 1 amide bonds. The first-order valence-corrected chi connectivity index (χ1v) is 13.2. The van der Waals surface area contributed by atoms with Crippen molar-refractivity contribution < 1.29 is 19.2 Å². The Hall–Kier alpha value is -4.37. The number of nitrogens with zero attached hydrogens (tertiary/aromatic N) is 3. The number of pyridine rings is 1. The lowest BCUT2D eigenvalue weighted by Crippen LogP contribution is -2.32. The first-order valence-electron chi connectivity index (χ1n) is 12.8. The Morgan fingerprint density at radius 3 is 2.65 bits per heavy atom. The van der Waals surface area contributed by atoms with Gasteiger partial charge in [0.25, 0.3) is 11.6 Å². The van der Waals surface area contributed by atoms with Gasteiger partial charge in [0.15, 0.2) is 0 Å². The molecule has 4 aromatic rings. The third kappa shape index (κ3) is 6.79. The predicted octanol–water partition coefficient (Wildman–Crippen LogP) is 6.74. The zero-order valence-corrected chi connectivity index (χ0v) is 23.4. The minimum absolute atomic E-state index is 0.0164. The molecule has 0 fully saturated rings. The molecule has 0 spiro atoms. The molecule has 1 heterocycles. The van der Waals surface area contributed by atoms with E-state index in [1.54, 1.807) is 25.3 Å². The van der Waals surface area contributed by atoms with Gasteiger partial charge in [-0.3, -0.25) is 19.9 Å². The number of hydrogen-bond donors (Lipinski definition) is 1. The number of amides is 1. The highest BCUT2D eigenvalue weighted by molar-refractivity contribution is 6.32. The number of nitro benzene ring substituents is 1. The number of methoxy groups -OCH3 is 2. The van der Waals surface area contributed by atoms with Crippen LogP contribution in [0.4, 0.5) is 11.4 Å². The number of nitro groups is 1. The van der Waals surface area contributed by atoms with Crippen molar-refractivity contribution in [2.45, 2.75) is 32.4 Å². The minimum Gasteiger partial charge on any atom is -0.497 e. The Morgan fingerprint density at radius 1 is 1.10 bits per heavy atom. The summed E-state index contributed by atoms with van der Waals surface area (Å²) < 4.78 is 10.9. The molecule has 0 saturated carbocycles. The number of hydrogen-bond acceptors (Lipinski definition) is 7. The van der Waals surface area contributed by atoms with Crippen LogP contribution in [0.15, 0.2) is 72.9 Å². The van der Waals surface area contributed by atoms with Crippen molar-refractivity contribution in [3.05, 3.63) is 99.2 Å². The Balaban J connectivity index is 1.51. The fourth-order valence-corrected chi connectivity index (χ4v) is 4.77. The number of fused-ring (bicyclic) bond motifs is 1. The van der Waals surface area contributed by atoms with E-state index in [2.05, 4.69) is 17.2 Å². The smallest absolute Gasteiger partial charge is 0.288 e. The number of carbonyl (C=O) groups is 1. The van der Waals surface area contributed by atoms with E-state index in [1.165, 1.54) is 18.2 Å². The van der Waals surface area contributed by atoms with E-state index in [4.69, 9.17) is 21.1 Å². The number of para-hydroxylation sites is 1. The topological polar surface area (TPSA) is 107 Å². The van der Waals surface area contributed by atoms with Gasteiger partial charge in [-0.1, -0.05) is 35.9 Å². The second-order valence-corrected chi connectivity index (χ2v) is 9.81. The van der Waals surface area contributed by atoms with Gasteiger partial charge in [-0.05, 0) is 50.1 Å². The van der Waals surface area contributed by atoms with Crippen LogP contribution in [-0.2, 0) is 6.54 Å². The molecular formula is C30H31ClN4O5. The van der Waals surface area contributed by atoms with Crippen LogP contribution in [0.5, 0.6) is 11.5 Å². The quantitative estimate of drug-likeness (QED) is 0.150. The van der Waals surface area contributed by atoms with Crippen molar-refractivity contribution in [2.24, 2.45) is 0 Å². The summed E-state index contributed by atoms with van der Waals surface area (Å²) in [6.07, 6.45) is 3.19. The van der Waals surface area contributed by atoms with Crippen LogP contribution in [0.1, 0.15) is 35.7 Å². The second kappa shape index (κ2) is 13.1. The molecule has 0 saturated heterocycles. The summed E-state index contributed by atoms with van der Waals surface area (Å²) in [7, 11) is 3.21. The summed E-state index contributed by atoms with van der Waals surface area (Å²) in [4.78, 5) is 30.6. The number of aromatic nitrogens is 1. The molecular weight excluding hydrogens is 532 g/mol. The molecule has 1 unspecified atom stereocenters. The van der Waals surface area contributed by atoms with E-state index >= 15 is 0 Å². The van der Waals surface area contributed by atoms with Crippen molar-refractivity contribution in [3.8, 4) is 11.5 Å². The summed E-state index contributed by atoms with van der Waals surface area (Å²) in [5, 5.41) is 15.9. The molecule has 0 bridgehead atoms. The molecule has 40 heavy (non-hydrogen) atoms. The zero-order chi connectivity index (χ0) is 28.6. The van der Waals surface area contributed by atoms with Crippen LogP contribution < -0.4 is 14.8 Å². The number of rotatable bonds is 12. The largest absolute Gasteiger partial charge is 0.497 e. The maximum atomic E-state index is 13.6. The van der Waals surface area contributed by atoms with Gasteiger partial charge < -0.3 is 19.7 Å². The fraction of sp³-hybridized carbons (Fsp3) is 0.267. The summed E-state index contributed by atoms with van der Waals surface area (Å²) in [6.45, 7) is 2.78. The second-order valence-electron chi connectivity index (χ2n) is 9.40. The molecule has 1 N–H and O–H groups in total. The van der Waals surface area contributed by atoms with Crippen molar-refractivity contribution in [1.29, 1.82) is 0 Å². The maximum absolute atomic E-state index is 13.6. The van der Waals surface area contributed by atoms with Crippen LogP contribution in [0.25, 0.3) is 10.9 Å². The van der Waals surface area contributed by atoms with Crippen molar-refractivity contribution in [1.82, 2.24) is 9.88 Å². The van der Waals surface area contributed by atoms with Crippen molar-refractivity contribution >= 4 is 39.8 Å². The average molecular weight is 563 g/mol. The minimum atomic E-state index is -0.589. The lowest BCUT2D eigenvalue weighted by molar-refractivity contribution is -0.384. The number of ether oxygens (including phenoxy) is 2. The maximum Gasteiger partial charge on any atom is 0.288 e. The first kappa shape index (κ1) is 28.6. The monoisotopic (exact) mass is 562 g/mol. The van der Waals surface area contributed by atoms with Crippen LogP contribution >= 0.6 is 11.6 Å². The predicted molar refractivity (Wildman–Crippen MR) is 156 cm³/mol. The van der Waals surface area contributed by atoms with E-state index in [0.29, 0.717) is 18.7 Å². The standard InChI is InChI=1S/C30H31ClN4O5/c1-20(33-26-18-24(39-2)16-21-10-6-14-32-29(21)26)8-7-15-34(19-23-9-4-5-11-28(23)40-3)30(36)22-12-13-25(31)27(17-22)35(37)38/h4-6,9-14,16-18,20,33H,7-8,15,19H2,1-3H3. The highest BCUT2D eigenvalue weighted by Gasteiger charge is 2.22. The van der Waals surface area contributed by atoms with Gasteiger partial charge in [0.05, 0.1) is 30.3 Å². The number of halogens is 1. The van der Waals surface area contributed by atoms with E-state index in [-0.39, 0.29) is 34.8 Å². The molecule has 0 aliphatic rings. The molecule has 4 rings (SSSR count). The van der Waals surface area contributed by atoms with Crippen LogP contribution in [-0.4, -0.2) is 47.5 Å². The van der Waals surface area contributed by atoms with Crippen LogP contribution in [0.3, 0.4) is 0 Å². The van der Waals surface area contributed by atoms with Crippen molar-refractivity contribution in [3.63, 3.8) is 0 Å². The number of anilines is 1. The molecule has 0 radical (unpaired) electrons. The zero-order valence-electron chi connectivity index (χ0n) is 22.6. The van der Waals surface area contributed by atoms with Gasteiger partial charge in [0.2, 0.25) is 0 Å². The van der Waals surface area contributed by atoms with Gasteiger partial charge >= 0.3 is 0 Å². The number of benzene rings is 3. The van der Waals surface area contributed by atoms with Gasteiger partial charge in [0.1, 0.15) is 16.5 Å². The van der Waals surface area contributed by atoms with E-state index in [0.717, 1.165) is 34.3 Å². The van der Waals surface area contributed by atoms with Gasteiger partial charge in [-0.15, -0.1) is 0 Å². The molecule has 0 aliphatic heterocycles. The normalized spacial score (nSPS) is 11.6. The Labute approximate surface area is 237 Å². The first-order chi connectivity index (χ1) is 19.3. The lowest BCUT2D eigenvalue weighted by Gasteiger charge is -2.25. The summed E-state index contributed by atoms with van der Waals surface area (Å²) in [5.74, 6) is 1.07. The van der Waals surface area contributed by atoms with Crippen LogP contribution in [0.2, 0.25) is 5.02 Å². The highest BCUT2D eigenvalue weighted by Crippen LogP contribution is 2.29. The SMILES string of the molecule is COc1cc(NC(C)CCCN(Cc2ccccc2OC)C(=O)c2ccc(Cl)c([N+](=O)[O-])c2)c2ncccc2c1. The molecule has 3 aromatic carbocycles. The fourth-order valence-electron chi connectivity index (χ4n) is 4.58. The van der Waals surface area contributed by atoms with Gasteiger partial charge in [-0.25, -0.2) is 0 Å². The third-order valence-corrected chi connectivity index (χ3v) is 6.93. The average Bonchev–Trinajstić information content (AvgIpc) is 2.96. The van der Waals surface area contributed by atoms with E-state index < -0.39 is 4.92 Å². The summed E-state index contributed by atoms with van der Waals surface area (Å²) >= 11 is 5.98. The Bertz CT molecular complexity index is 1510. The lowest BCUT2D eigenvalue weighted by atomic mass is 10.1. The number of nitrogens with one attached hydrogen (secondary N) is 1. The summed E-state index contributed by atoms with van der Waals surface area (Å²) in [6, 6.07) is 19.4. The third-order valence-electron chi connectivity index (χ3n) is 6.61. The summed E-state index contributed by atoms with van der Waals surface area (Å²) in [5.41, 5.74) is 2.46. The molecule has 1 aromatic heterocycles. The van der Waals surface area contributed by atoms with Gasteiger partial charge in [-0.2, -0.15) is 0 Å². The number of carbonyl (C=O) groups excluding carboxylic acids is 1. The van der Waals surface area contributed by atoms with E-state index in [9.17, 15) is 14.9 Å². The van der Waals surface area contributed by atoms with E-state index in [1.807, 2.05) is 48.5 Å². The molecule has 208 valence electrons. The molecule has 1 atom stereocenters. The molecule has 0 aliphatic carbocycles. The highest BCUT2D eigenvalue weighted by atomic mass is 35.5. The Kier molecular flexibility index (Phi) is 9.39. The Morgan fingerprint density at radius 2 is 1.90 bits per heavy atom. The van der Waals surface area contributed by atoms with Crippen LogP contribution in [0, 0.1) is 10.1 Å². The molecule has 10 heteroatoms. The van der Waals surface area contributed by atoms with Gasteiger partial charge in [0, 0.05) is 54.0 Å².